The molecule has 1 aromatic carbocycles. The Morgan fingerprint density at radius 1 is 1.30 bits per heavy atom. The SMILES string of the molecule is Cc1cccc(CN2CC(C)(C3CC3)NCCC2C)c1. The lowest BCUT2D eigenvalue weighted by molar-refractivity contribution is 0.155. The number of hydrogen-bond acceptors (Lipinski definition) is 2. The van der Waals surface area contributed by atoms with Crippen LogP contribution in [0.5, 0.6) is 0 Å². The maximum Gasteiger partial charge on any atom is 0.0308 e. The number of benzene rings is 1. The van der Waals surface area contributed by atoms with E-state index in [0.29, 0.717) is 11.6 Å². The molecule has 2 nitrogen and oxygen atoms in total. The van der Waals surface area contributed by atoms with Crippen LogP contribution >= 0.6 is 0 Å². The van der Waals surface area contributed by atoms with Gasteiger partial charge in [0.25, 0.3) is 0 Å². The minimum atomic E-state index is 0.328. The number of aryl methyl sites for hydroxylation is 1. The average Bonchev–Trinajstić information content (AvgIpc) is 3.21. The largest absolute Gasteiger partial charge is 0.310 e. The molecular weight excluding hydrogens is 244 g/mol. The molecule has 3 rings (SSSR count). The molecule has 1 N–H and O–H groups in total. The first-order valence-electron chi connectivity index (χ1n) is 8.11. The molecule has 1 aromatic rings. The molecular formula is C18H28N2. The van der Waals surface area contributed by atoms with Gasteiger partial charge in [-0.15, -0.1) is 0 Å². The highest BCUT2D eigenvalue weighted by atomic mass is 15.2. The highest BCUT2D eigenvalue weighted by Crippen LogP contribution is 2.41. The van der Waals surface area contributed by atoms with E-state index in [2.05, 4.69) is 55.3 Å². The minimum Gasteiger partial charge on any atom is -0.310 e. The Kier molecular flexibility index (Phi) is 3.87. The van der Waals surface area contributed by atoms with Crippen LogP contribution < -0.4 is 5.32 Å². The Morgan fingerprint density at radius 2 is 2.10 bits per heavy atom. The predicted octanol–water partition coefficient (Wildman–Crippen LogP) is 3.35. The van der Waals surface area contributed by atoms with Crippen LogP contribution in [0.15, 0.2) is 24.3 Å². The summed E-state index contributed by atoms with van der Waals surface area (Å²) in [7, 11) is 0. The van der Waals surface area contributed by atoms with Crippen molar-refractivity contribution in [2.45, 2.75) is 58.2 Å². The smallest absolute Gasteiger partial charge is 0.0308 e. The van der Waals surface area contributed by atoms with Gasteiger partial charge in [0.15, 0.2) is 0 Å². The number of nitrogens with one attached hydrogen (secondary N) is 1. The summed E-state index contributed by atoms with van der Waals surface area (Å²) < 4.78 is 0. The molecule has 2 heteroatoms. The predicted molar refractivity (Wildman–Crippen MR) is 84.8 cm³/mol. The fourth-order valence-corrected chi connectivity index (χ4v) is 3.63. The van der Waals surface area contributed by atoms with E-state index in [1.807, 2.05) is 0 Å². The van der Waals surface area contributed by atoms with Crippen molar-refractivity contribution in [2.75, 3.05) is 13.1 Å². The summed E-state index contributed by atoms with van der Waals surface area (Å²) in [5.74, 6) is 0.896. The molecule has 2 aliphatic rings. The Labute approximate surface area is 123 Å². The topological polar surface area (TPSA) is 15.3 Å². The van der Waals surface area contributed by atoms with Crippen LogP contribution in [-0.4, -0.2) is 29.6 Å². The van der Waals surface area contributed by atoms with Crippen molar-refractivity contribution in [3.05, 3.63) is 35.4 Å². The zero-order valence-corrected chi connectivity index (χ0v) is 13.2. The molecule has 1 aliphatic heterocycles. The number of rotatable bonds is 3. The second-order valence-electron chi connectivity index (χ2n) is 7.15. The second-order valence-corrected chi connectivity index (χ2v) is 7.15. The van der Waals surface area contributed by atoms with Crippen LogP contribution in [0.3, 0.4) is 0 Å². The van der Waals surface area contributed by atoms with E-state index in [1.54, 1.807) is 0 Å². The van der Waals surface area contributed by atoms with E-state index in [1.165, 1.54) is 43.5 Å². The molecule has 2 fully saturated rings. The molecule has 0 spiro atoms. The zero-order valence-electron chi connectivity index (χ0n) is 13.2. The van der Waals surface area contributed by atoms with Gasteiger partial charge in [0.2, 0.25) is 0 Å². The number of hydrogen-bond donors (Lipinski definition) is 1. The Hall–Kier alpha value is -0.860. The highest BCUT2D eigenvalue weighted by Gasteiger charge is 2.43. The van der Waals surface area contributed by atoms with Crippen molar-refractivity contribution >= 4 is 0 Å². The van der Waals surface area contributed by atoms with Gasteiger partial charge in [-0.25, -0.2) is 0 Å². The molecule has 0 bridgehead atoms. The average molecular weight is 272 g/mol. The van der Waals surface area contributed by atoms with Crippen LogP contribution in [0.1, 0.15) is 44.2 Å². The quantitative estimate of drug-likeness (QED) is 0.908. The Balaban J connectivity index is 1.75. The Bertz CT molecular complexity index is 466. The molecule has 1 saturated heterocycles. The number of nitrogens with zero attached hydrogens (tertiary/aromatic N) is 1. The van der Waals surface area contributed by atoms with Gasteiger partial charge in [-0.2, -0.15) is 0 Å². The standard InChI is InChI=1S/C18H28N2/c1-14-5-4-6-16(11-14)12-20-13-18(3,17-7-8-17)19-10-9-15(20)2/h4-6,11,15,17,19H,7-10,12-13H2,1-3H3. The molecule has 1 aliphatic carbocycles. The van der Waals surface area contributed by atoms with Gasteiger partial charge < -0.3 is 5.32 Å². The van der Waals surface area contributed by atoms with E-state index in [0.717, 1.165) is 12.5 Å². The molecule has 110 valence electrons. The van der Waals surface area contributed by atoms with Crippen LogP contribution in [0, 0.1) is 12.8 Å². The summed E-state index contributed by atoms with van der Waals surface area (Å²) in [6, 6.07) is 9.64. The first-order valence-corrected chi connectivity index (χ1v) is 8.11. The van der Waals surface area contributed by atoms with Crippen molar-refractivity contribution in [3.63, 3.8) is 0 Å². The molecule has 2 atom stereocenters. The van der Waals surface area contributed by atoms with Gasteiger partial charge in [0, 0.05) is 24.7 Å². The fourth-order valence-electron chi connectivity index (χ4n) is 3.63. The molecule has 0 aromatic heterocycles. The molecule has 0 amide bonds. The monoisotopic (exact) mass is 272 g/mol. The van der Waals surface area contributed by atoms with Crippen molar-refractivity contribution in [1.29, 1.82) is 0 Å². The molecule has 1 saturated carbocycles. The van der Waals surface area contributed by atoms with Gasteiger partial charge in [-0.05, 0) is 58.1 Å². The van der Waals surface area contributed by atoms with E-state index in [-0.39, 0.29) is 0 Å². The van der Waals surface area contributed by atoms with Crippen LogP contribution in [0.4, 0.5) is 0 Å². The van der Waals surface area contributed by atoms with E-state index >= 15 is 0 Å². The van der Waals surface area contributed by atoms with Crippen LogP contribution in [0.25, 0.3) is 0 Å². The lowest BCUT2D eigenvalue weighted by Crippen LogP contribution is -2.51. The van der Waals surface area contributed by atoms with Gasteiger partial charge in [-0.1, -0.05) is 29.8 Å². The van der Waals surface area contributed by atoms with E-state index < -0.39 is 0 Å². The van der Waals surface area contributed by atoms with Crippen molar-refractivity contribution < 1.29 is 0 Å². The van der Waals surface area contributed by atoms with Gasteiger partial charge in [-0.3, -0.25) is 4.90 Å². The van der Waals surface area contributed by atoms with Crippen molar-refractivity contribution in [2.24, 2.45) is 5.92 Å². The van der Waals surface area contributed by atoms with E-state index in [9.17, 15) is 0 Å². The highest BCUT2D eigenvalue weighted by molar-refractivity contribution is 5.22. The molecule has 0 radical (unpaired) electrons. The summed E-state index contributed by atoms with van der Waals surface area (Å²) in [6.07, 6.45) is 4.08. The molecule has 1 heterocycles. The summed E-state index contributed by atoms with van der Waals surface area (Å²) in [4.78, 5) is 2.69. The minimum absolute atomic E-state index is 0.328. The molecule has 20 heavy (non-hydrogen) atoms. The Morgan fingerprint density at radius 3 is 2.80 bits per heavy atom. The third kappa shape index (κ3) is 3.07. The summed E-state index contributed by atoms with van der Waals surface area (Å²) >= 11 is 0. The third-order valence-electron chi connectivity index (χ3n) is 5.19. The summed E-state index contributed by atoms with van der Waals surface area (Å²) in [5.41, 5.74) is 3.15. The molecule has 2 unspecified atom stereocenters. The van der Waals surface area contributed by atoms with Gasteiger partial charge >= 0.3 is 0 Å². The summed E-state index contributed by atoms with van der Waals surface area (Å²) in [6.45, 7) is 10.4. The van der Waals surface area contributed by atoms with Crippen LogP contribution in [-0.2, 0) is 6.54 Å². The lowest BCUT2D eigenvalue weighted by Gasteiger charge is -2.36. The first kappa shape index (κ1) is 14.1. The normalized spacial score (nSPS) is 32.0. The van der Waals surface area contributed by atoms with Crippen LogP contribution in [0.2, 0.25) is 0 Å². The van der Waals surface area contributed by atoms with Gasteiger partial charge in [0.05, 0.1) is 0 Å². The fraction of sp³-hybridized carbons (Fsp3) is 0.667. The lowest BCUT2D eigenvalue weighted by atomic mass is 9.95. The maximum absolute atomic E-state index is 3.84. The van der Waals surface area contributed by atoms with Crippen molar-refractivity contribution in [3.8, 4) is 0 Å². The zero-order chi connectivity index (χ0) is 14.2. The summed E-state index contributed by atoms with van der Waals surface area (Å²) in [5, 5.41) is 3.84. The third-order valence-corrected chi connectivity index (χ3v) is 5.19. The van der Waals surface area contributed by atoms with Crippen molar-refractivity contribution in [1.82, 2.24) is 10.2 Å². The second kappa shape index (κ2) is 5.50. The van der Waals surface area contributed by atoms with E-state index in [4.69, 9.17) is 0 Å². The van der Waals surface area contributed by atoms with Gasteiger partial charge in [0.1, 0.15) is 0 Å². The maximum atomic E-state index is 3.84. The first-order chi connectivity index (χ1) is 9.57.